The van der Waals surface area contributed by atoms with Crippen molar-refractivity contribution in [3.05, 3.63) is 43.2 Å². The summed E-state index contributed by atoms with van der Waals surface area (Å²) in [4.78, 5) is 25.5. The van der Waals surface area contributed by atoms with Gasteiger partial charge in [-0.25, -0.2) is 0 Å². The van der Waals surface area contributed by atoms with Crippen molar-refractivity contribution in [2.24, 2.45) is 0 Å². The molecule has 0 aliphatic rings. The average Bonchev–Trinajstić information content (AvgIpc) is 3.06. The molecule has 152 valence electrons. The first-order valence-electron chi connectivity index (χ1n) is 10.6. The Bertz CT molecular complexity index is 754. The zero-order valence-corrected chi connectivity index (χ0v) is 17.5. The summed E-state index contributed by atoms with van der Waals surface area (Å²) < 4.78 is 3.40. The van der Waals surface area contributed by atoms with E-state index in [9.17, 15) is 9.59 Å². The first-order chi connectivity index (χ1) is 13.0. The minimum atomic E-state index is 0.0125. The minimum absolute atomic E-state index is 0.0125. The summed E-state index contributed by atoms with van der Waals surface area (Å²) in [7, 11) is 0. The quantitative estimate of drug-likeness (QED) is 0.549. The van der Waals surface area contributed by atoms with E-state index >= 15 is 0 Å². The van der Waals surface area contributed by atoms with Crippen LogP contribution >= 0.6 is 0 Å². The van der Waals surface area contributed by atoms with Crippen LogP contribution in [0.3, 0.4) is 0 Å². The number of aryl methyl sites for hydroxylation is 4. The smallest absolute Gasteiger partial charge is 0.270 e. The molecular weight excluding hydrogens is 340 g/mol. The summed E-state index contributed by atoms with van der Waals surface area (Å²) in [6.45, 7) is 9.63. The third-order valence-corrected chi connectivity index (χ3v) is 5.34. The predicted octanol–water partition coefficient (Wildman–Crippen LogP) is 4.03. The maximum Gasteiger partial charge on any atom is 0.270 e. The van der Waals surface area contributed by atoms with Gasteiger partial charge in [0.2, 0.25) is 0 Å². The molecule has 0 fully saturated rings. The Balaban J connectivity index is 2.10. The summed E-state index contributed by atoms with van der Waals surface area (Å²) in [6.07, 6.45) is 9.42. The van der Waals surface area contributed by atoms with Crippen molar-refractivity contribution < 1.29 is 0 Å². The van der Waals surface area contributed by atoms with Gasteiger partial charge in [-0.1, -0.05) is 52.4 Å². The van der Waals surface area contributed by atoms with Crippen LogP contribution in [0.1, 0.15) is 87.7 Å². The van der Waals surface area contributed by atoms with Crippen molar-refractivity contribution in [1.82, 2.24) is 19.6 Å². The highest BCUT2D eigenvalue weighted by molar-refractivity contribution is 5.28. The monoisotopic (exact) mass is 376 g/mol. The van der Waals surface area contributed by atoms with Crippen molar-refractivity contribution in [2.75, 3.05) is 0 Å². The van der Waals surface area contributed by atoms with E-state index in [-0.39, 0.29) is 11.1 Å². The number of rotatable bonds is 12. The van der Waals surface area contributed by atoms with Crippen LogP contribution in [0, 0.1) is 13.8 Å². The van der Waals surface area contributed by atoms with Gasteiger partial charge in [0.05, 0.1) is 0 Å². The summed E-state index contributed by atoms with van der Waals surface area (Å²) >= 11 is 0. The molecule has 0 spiro atoms. The normalized spacial score (nSPS) is 11.4. The van der Waals surface area contributed by atoms with Crippen LogP contribution in [0.2, 0.25) is 0 Å². The molecular formula is C21H36N4O2. The Morgan fingerprint density at radius 1 is 0.667 bits per heavy atom. The molecule has 2 aromatic rings. The highest BCUT2D eigenvalue weighted by Gasteiger charge is 2.17. The van der Waals surface area contributed by atoms with Crippen molar-refractivity contribution in [3.8, 4) is 0 Å². The van der Waals surface area contributed by atoms with Gasteiger partial charge >= 0.3 is 0 Å². The number of nitrogens with zero attached hydrogens (tertiary/aromatic N) is 2. The Morgan fingerprint density at radius 2 is 1.07 bits per heavy atom. The van der Waals surface area contributed by atoms with E-state index in [4.69, 9.17) is 0 Å². The second-order valence-corrected chi connectivity index (χ2v) is 7.64. The fraction of sp³-hybridized carbons (Fsp3) is 0.714. The molecule has 2 aromatic heterocycles. The third-order valence-electron chi connectivity index (χ3n) is 5.34. The molecule has 0 atom stereocenters. The maximum absolute atomic E-state index is 12.7. The van der Waals surface area contributed by atoms with Crippen molar-refractivity contribution in [2.45, 2.75) is 98.6 Å². The van der Waals surface area contributed by atoms with Crippen molar-refractivity contribution >= 4 is 0 Å². The Kier molecular flexibility index (Phi) is 8.20. The number of unbranched alkanes of at least 4 members (excludes halogenated alkanes) is 6. The van der Waals surface area contributed by atoms with Crippen molar-refractivity contribution in [3.63, 3.8) is 0 Å². The van der Waals surface area contributed by atoms with Gasteiger partial charge < -0.3 is 0 Å². The second kappa shape index (κ2) is 10.4. The molecule has 0 aliphatic carbocycles. The van der Waals surface area contributed by atoms with Crippen LogP contribution in [0.4, 0.5) is 0 Å². The average molecular weight is 377 g/mol. The van der Waals surface area contributed by atoms with Crippen LogP contribution in [0.5, 0.6) is 0 Å². The molecule has 0 bridgehead atoms. The van der Waals surface area contributed by atoms with Crippen LogP contribution in [0.25, 0.3) is 0 Å². The predicted molar refractivity (Wildman–Crippen MR) is 111 cm³/mol. The molecule has 2 N–H and O–H groups in total. The van der Waals surface area contributed by atoms with E-state index in [2.05, 4.69) is 24.0 Å². The van der Waals surface area contributed by atoms with Gasteiger partial charge in [0.15, 0.2) is 0 Å². The summed E-state index contributed by atoms with van der Waals surface area (Å²) in [5, 5.41) is 6.38. The molecule has 0 saturated carbocycles. The number of aromatic nitrogens is 4. The summed E-state index contributed by atoms with van der Waals surface area (Å²) in [5.41, 5.74) is 3.18. The standard InChI is InChI=1S/C21H36N4O2/c1-5-7-9-11-13-24-20(26)18(16(3)22-24)15-19-17(4)23-25(21(19)27)14-12-10-8-6-2/h22-23H,5-15H2,1-4H3. The molecule has 27 heavy (non-hydrogen) atoms. The minimum Gasteiger partial charge on any atom is -0.300 e. The largest absolute Gasteiger partial charge is 0.300 e. The summed E-state index contributed by atoms with van der Waals surface area (Å²) in [6, 6.07) is 0. The number of hydrogen-bond acceptors (Lipinski definition) is 2. The first kappa shape index (κ1) is 21.3. The third kappa shape index (κ3) is 5.50. The highest BCUT2D eigenvalue weighted by Crippen LogP contribution is 2.11. The topological polar surface area (TPSA) is 75.6 Å². The second-order valence-electron chi connectivity index (χ2n) is 7.64. The molecule has 0 saturated heterocycles. The molecule has 0 radical (unpaired) electrons. The first-order valence-corrected chi connectivity index (χ1v) is 10.6. The van der Waals surface area contributed by atoms with Crippen LogP contribution in [-0.4, -0.2) is 19.6 Å². The lowest BCUT2D eigenvalue weighted by Gasteiger charge is -2.01. The van der Waals surface area contributed by atoms with Gasteiger partial charge in [-0.15, -0.1) is 0 Å². The molecule has 0 aliphatic heterocycles. The lowest BCUT2D eigenvalue weighted by atomic mass is 10.1. The van der Waals surface area contributed by atoms with Crippen LogP contribution in [-0.2, 0) is 19.5 Å². The number of H-pyrrole nitrogens is 2. The molecule has 6 heteroatoms. The van der Waals surface area contributed by atoms with Crippen LogP contribution in [0.15, 0.2) is 9.59 Å². The lowest BCUT2D eigenvalue weighted by Crippen LogP contribution is -2.22. The molecule has 0 aromatic carbocycles. The van der Waals surface area contributed by atoms with E-state index in [1.165, 1.54) is 25.7 Å². The van der Waals surface area contributed by atoms with Crippen molar-refractivity contribution in [1.29, 1.82) is 0 Å². The highest BCUT2D eigenvalue weighted by atomic mass is 16.1. The van der Waals surface area contributed by atoms with E-state index in [1.807, 2.05) is 13.8 Å². The zero-order chi connectivity index (χ0) is 19.8. The lowest BCUT2D eigenvalue weighted by molar-refractivity contribution is 0.527. The molecule has 0 unspecified atom stereocenters. The Labute approximate surface area is 162 Å². The van der Waals surface area contributed by atoms with E-state index < -0.39 is 0 Å². The number of nitrogens with one attached hydrogen (secondary N) is 2. The van der Waals surface area contributed by atoms with Gasteiger partial charge in [-0.05, 0) is 26.7 Å². The van der Waals surface area contributed by atoms with Gasteiger partial charge in [0.1, 0.15) is 0 Å². The molecule has 6 nitrogen and oxygen atoms in total. The van der Waals surface area contributed by atoms with Gasteiger partial charge in [-0.2, -0.15) is 0 Å². The molecule has 2 rings (SSSR count). The van der Waals surface area contributed by atoms with E-state index in [1.54, 1.807) is 9.36 Å². The summed E-state index contributed by atoms with van der Waals surface area (Å²) in [5.74, 6) is 0. The van der Waals surface area contributed by atoms with Gasteiger partial charge in [0, 0.05) is 42.0 Å². The van der Waals surface area contributed by atoms with Crippen LogP contribution < -0.4 is 11.1 Å². The fourth-order valence-corrected chi connectivity index (χ4v) is 3.59. The van der Waals surface area contributed by atoms with Gasteiger partial charge in [-0.3, -0.25) is 29.2 Å². The van der Waals surface area contributed by atoms with E-state index in [0.717, 1.165) is 37.1 Å². The Hall–Kier alpha value is -1.98. The maximum atomic E-state index is 12.7. The number of aromatic amines is 2. The van der Waals surface area contributed by atoms with E-state index in [0.29, 0.717) is 30.6 Å². The fourth-order valence-electron chi connectivity index (χ4n) is 3.59. The number of hydrogen-bond donors (Lipinski definition) is 2. The molecule has 0 amide bonds. The molecule has 2 heterocycles. The Morgan fingerprint density at radius 3 is 1.44 bits per heavy atom. The van der Waals surface area contributed by atoms with Gasteiger partial charge in [0.25, 0.3) is 11.1 Å². The zero-order valence-electron chi connectivity index (χ0n) is 17.5. The SMILES string of the molecule is CCCCCCn1[nH]c(C)c(Cc2c(C)[nH]n(CCCCCC)c2=O)c1=O.